The summed E-state index contributed by atoms with van der Waals surface area (Å²) in [7, 11) is 0. The number of rotatable bonds is 8. The third-order valence-electron chi connectivity index (χ3n) is 4.93. The summed E-state index contributed by atoms with van der Waals surface area (Å²) in [6.07, 6.45) is 2.26. The molecule has 4 N–H and O–H groups in total. The van der Waals surface area contributed by atoms with Crippen molar-refractivity contribution in [2.75, 3.05) is 31.1 Å². The van der Waals surface area contributed by atoms with Crippen LogP contribution in [0.3, 0.4) is 0 Å². The van der Waals surface area contributed by atoms with Crippen LogP contribution in [-0.2, 0) is 11.3 Å². The molecule has 1 aliphatic heterocycles. The third kappa shape index (κ3) is 6.69. The molecule has 0 spiro atoms. The van der Waals surface area contributed by atoms with Gasteiger partial charge in [0.05, 0.1) is 6.54 Å². The van der Waals surface area contributed by atoms with Crippen LogP contribution in [0.2, 0.25) is 0 Å². The monoisotopic (exact) mass is 409 g/mol. The molecule has 7 nitrogen and oxygen atoms in total. The molecule has 2 aromatic rings. The first-order valence-corrected chi connectivity index (χ1v) is 10.5. The fourth-order valence-corrected chi connectivity index (χ4v) is 3.54. The number of aliphatic imine (C=N–C) groups is 1. The maximum atomic E-state index is 10.9. The van der Waals surface area contributed by atoms with Crippen LogP contribution < -0.4 is 26.0 Å². The van der Waals surface area contributed by atoms with Crippen molar-refractivity contribution in [2.24, 2.45) is 10.7 Å². The standard InChI is InChI=1S/C23H31N5O2/c1-2-25-23(26-15-18-8-6-12-21(14-18)30-17-22(24)29)27-19-9-7-13-28(16-19)20-10-4-3-5-11-20/h3-6,8,10-12,14,19H,2,7,9,13,15-17H2,1H3,(H2,24,29)(H2,25,26,27). The van der Waals surface area contributed by atoms with Crippen molar-refractivity contribution in [3.8, 4) is 5.75 Å². The van der Waals surface area contributed by atoms with Crippen molar-refractivity contribution in [3.63, 3.8) is 0 Å². The first-order valence-electron chi connectivity index (χ1n) is 10.5. The highest BCUT2D eigenvalue weighted by molar-refractivity contribution is 5.80. The number of ether oxygens (including phenoxy) is 1. The van der Waals surface area contributed by atoms with Crippen molar-refractivity contribution in [2.45, 2.75) is 32.4 Å². The van der Waals surface area contributed by atoms with Crippen LogP contribution in [-0.4, -0.2) is 44.1 Å². The average molecular weight is 410 g/mol. The second-order valence-corrected chi connectivity index (χ2v) is 7.36. The number of piperidine rings is 1. The fourth-order valence-electron chi connectivity index (χ4n) is 3.54. The van der Waals surface area contributed by atoms with E-state index in [-0.39, 0.29) is 6.61 Å². The van der Waals surface area contributed by atoms with E-state index in [1.54, 1.807) is 6.07 Å². The minimum atomic E-state index is -0.492. The van der Waals surface area contributed by atoms with Gasteiger partial charge in [0.25, 0.3) is 5.91 Å². The number of carbonyl (C=O) groups excluding carboxylic acids is 1. The number of hydrogen-bond acceptors (Lipinski definition) is 4. The maximum Gasteiger partial charge on any atom is 0.255 e. The zero-order valence-corrected chi connectivity index (χ0v) is 17.5. The van der Waals surface area contributed by atoms with Crippen molar-refractivity contribution >= 4 is 17.6 Å². The molecule has 1 amide bonds. The second-order valence-electron chi connectivity index (χ2n) is 7.36. The zero-order valence-electron chi connectivity index (χ0n) is 17.5. The van der Waals surface area contributed by atoms with E-state index in [0.29, 0.717) is 18.3 Å². The molecule has 1 heterocycles. The second kappa shape index (κ2) is 11.1. The Kier molecular flexibility index (Phi) is 7.94. The van der Waals surface area contributed by atoms with E-state index in [9.17, 15) is 4.79 Å². The molecule has 0 saturated carbocycles. The molecule has 1 atom stereocenters. The predicted octanol–water partition coefficient (Wildman–Crippen LogP) is 2.27. The lowest BCUT2D eigenvalue weighted by Gasteiger charge is -2.35. The molecule has 0 aliphatic carbocycles. The van der Waals surface area contributed by atoms with Gasteiger partial charge < -0.3 is 26.0 Å². The Balaban J connectivity index is 1.60. The Labute approximate surface area is 178 Å². The summed E-state index contributed by atoms with van der Waals surface area (Å²) in [5, 5.41) is 6.92. The van der Waals surface area contributed by atoms with E-state index in [4.69, 9.17) is 15.5 Å². The number of nitrogens with zero attached hydrogens (tertiary/aromatic N) is 2. The van der Waals surface area contributed by atoms with Crippen LogP contribution in [0.25, 0.3) is 0 Å². The van der Waals surface area contributed by atoms with Crippen molar-refractivity contribution in [1.29, 1.82) is 0 Å². The van der Waals surface area contributed by atoms with Gasteiger partial charge in [-0.3, -0.25) is 4.79 Å². The van der Waals surface area contributed by atoms with Crippen LogP contribution in [0.4, 0.5) is 5.69 Å². The first kappa shape index (κ1) is 21.5. The van der Waals surface area contributed by atoms with E-state index >= 15 is 0 Å². The lowest BCUT2D eigenvalue weighted by atomic mass is 10.1. The number of primary amides is 1. The smallest absolute Gasteiger partial charge is 0.255 e. The first-order chi connectivity index (χ1) is 14.6. The molecule has 2 aromatic carbocycles. The minimum Gasteiger partial charge on any atom is -0.484 e. The predicted molar refractivity (Wildman–Crippen MR) is 121 cm³/mol. The van der Waals surface area contributed by atoms with E-state index in [1.807, 2.05) is 24.3 Å². The zero-order chi connectivity index (χ0) is 21.2. The largest absolute Gasteiger partial charge is 0.484 e. The Morgan fingerprint density at radius 1 is 1.23 bits per heavy atom. The highest BCUT2D eigenvalue weighted by atomic mass is 16.5. The summed E-state index contributed by atoms with van der Waals surface area (Å²) in [6, 6.07) is 18.4. The normalized spacial score (nSPS) is 16.8. The summed E-state index contributed by atoms with van der Waals surface area (Å²) >= 11 is 0. The molecule has 7 heteroatoms. The number of para-hydroxylation sites is 1. The van der Waals surface area contributed by atoms with E-state index < -0.39 is 5.91 Å². The summed E-state index contributed by atoms with van der Waals surface area (Å²) in [5.74, 6) is 0.931. The Morgan fingerprint density at radius 2 is 2.07 bits per heavy atom. The number of amides is 1. The molecule has 1 aliphatic rings. The van der Waals surface area contributed by atoms with Gasteiger partial charge in [0, 0.05) is 31.4 Å². The minimum absolute atomic E-state index is 0.128. The quantitative estimate of drug-likeness (QED) is 0.460. The number of hydrogen-bond donors (Lipinski definition) is 3. The van der Waals surface area contributed by atoms with Gasteiger partial charge in [-0.25, -0.2) is 4.99 Å². The third-order valence-corrected chi connectivity index (χ3v) is 4.93. The van der Waals surface area contributed by atoms with E-state index in [0.717, 1.165) is 44.0 Å². The van der Waals surface area contributed by atoms with Crippen LogP contribution in [0, 0.1) is 0 Å². The fraction of sp³-hybridized carbons (Fsp3) is 0.391. The van der Waals surface area contributed by atoms with Crippen LogP contribution in [0.15, 0.2) is 59.6 Å². The van der Waals surface area contributed by atoms with Crippen LogP contribution in [0.1, 0.15) is 25.3 Å². The maximum absolute atomic E-state index is 10.9. The lowest BCUT2D eigenvalue weighted by Crippen LogP contribution is -2.51. The average Bonchev–Trinajstić information content (AvgIpc) is 2.77. The highest BCUT2D eigenvalue weighted by Gasteiger charge is 2.20. The summed E-state index contributed by atoms with van der Waals surface area (Å²) in [4.78, 5) is 18.1. The molecule has 1 unspecified atom stereocenters. The molecule has 0 bridgehead atoms. The number of guanidine groups is 1. The Hall–Kier alpha value is -3.22. The van der Waals surface area contributed by atoms with Gasteiger partial charge >= 0.3 is 0 Å². The van der Waals surface area contributed by atoms with Crippen LogP contribution in [0.5, 0.6) is 5.75 Å². The topological polar surface area (TPSA) is 92.0 Å². The molecule has 30 heavy (non-hydrogen) atoms. The molecule has 0 aromatic heterocycles. The van der Waals surface area contributed by atoms with Gasteiger partial charge in [-0.05, 0) is 49.6 Å². The van der Waals surface area contributed by atoms with Gasteiger partial charge in [-0.15, -0.1) is 0 Å². The van der Waals surface area contributed by atoms with E-state index in [2.05, 4.69) is 46.7 Å². The number of benzene rings is 2. The van der Waals surface area contributed by atoms with Gasteiger partial charge in [0.2, 0.25) is 0 Å². The summed E-state index contributed by atoms with van der Waals surface area (Å²) < 4.78 is 5.38. The Morgan fingerprint density at radius 3 is 2.83 bits per heavy atom. The van der Waals surface area contributed by atoms with Crippen molar-refractivity contribution < 1.29 is 9.53 Å². The van der Waals surface area contributed by atoms with Gasteiger partial charge in [-0.1, -0.05) is 30.3 Å². The van der Waals surface area contributed by atoms with Crippen molar-refractivity contribution in [3.05, 3.63) is 60.2 Å². The Bertz CT molecular complexity index is 840. The molecular weight excluding hydrogens is 378 g/mol. The van der Waals surface area contributed by atoms with Crippen LogP contribution >= 0.6 is 0 Å². The SMILES string of the molecule is CCNC(=NCc1cccc(OCC(N)=O)c1)NC1CCCN(c2ccccc2)C1. The highest BCUT2D eigenvalue weighted by Crippen LogP contribution is 2.19. The number of anilines is 1. The summed E-state index contributed by atoms with van der Waals surface area (Å²) in [5.41, 5.74) is 7.41. The number of nitrogens with one attached hydrogen (secondary N) is 2. The molecule has 160 valence electrons. The van der Waals surface area contributed by atoms with Gasteiger partial charge in [-0.2, -0.15) is 0 Å². The molecule has 1 saturated heterocycles. The lowest BCUT2D eigenvalue weighted by molar-refractivity contribution is -0.119. The molecule has 0 radical (unpaired) electrons. The number of carbonyl (C=O) groups is 1. The number of nitrogens with two attached hydrogens (primary N) is 1. The summed E-state index contributed by atoms with van der Waals surface area (Å²) in [6.45, 7) is 5.27. The molecular formula is C23H31N5O2. The van der Waals surface area contributed by atoms with Gasteiger partial charge in [0.1, 0.15) is 5.75 Å². The van der Waals surface area contributed by atoms with Crippen molar-refractivity contribution in [1.82, 2.24) is 10.6 Å². The molecule has 1 fully saturated rings. The van der Waals surface area contributed by atoms with E-state index in [1.165, 1.54) is 5.69 Å². The van der Waals surface area contributed by atoms with Gasteiger partial charge in [0.15, 0.2) is 12.6 Å². The molecule has 3 rings (SSSR count).